The predicted octanol–water partition coefficient (Wildman–Crippen LogP) is 1.93. The zero-order chi connectivity index (χ0) is 19.3. The number of aryl methyl sites for hydroxylation is 1. The lowest BCUT2D eigenvalue weighted by atomic mass is 10.1. The Morgan fingerprint density at radius 2 is 2.15 bits per heavy atom. The number of carbonyl (C=O) groups is 2. The van der Waals surface area contributed by atoms with E-state index in [-0.39, 0.29) is 32.0 Å². The third kappa shape index (κ3) is 5.80. The smallest absolute Gasteiger partial charge is 0.422 e. The number of nitrogens with one attached hydrogen (secondary N) is 1. The zero-order valence-corrected chi connectivity index (χ0v) is 14.0. The molecule has 1 aromatic rings. The number of carbonyl (C=O) groups excluding carboxylic acids is 1. The van der Waals surface area contributed by atoms with Gasteiger partial charge in [-0.3, -0.25) is 0 Å². The second-order valence-electron chi connectivity index (χ2n) is 5.82. The molecule has 0 spiro atoms. The van der Waals surface area contributed by atoms with Crippen molar-refractivity contribution in [2.75, 3.05) is 26.3 Å². The lowest BCUT2D eigenvalue weighted by Gasteiger charge is -2.31. The summed E-state index contributed by atoms with van der Waals surface area (Å²) in [6.07, 6.45) is -5.57. The van der Waals surface area contributed by atoms with E-state index in [0.717, 1.165) is 5.56 Å². The maximum atomic E-state index is 12.4. The van der Waals surface area contributed by atoms with Crippen molar-refractivity contribution in [1.82, 2.24) is 10.2 Å². The number of carboxylic acid groups (broad SMARTS) is 1. The van der Waals surface area contributed by atoms with E-state index in [1.54, 1.807) is 19.1 Å². The van der Waals surface area contributed by atoms with Gasteiger partial charge < -0.3 is 24.8 Å². The minimum atomic E-state index is -4.47. The van der Waals surface area contributed by atoms with Crippen molar-refractivity contribution in [3.05, 3.63) is 29.3 Å². The molecule has 0 bridgehead atoms. The highest BCUT2D eigenvalue weighted by molar-refractivity contribution is 5.77. The molecule has 0 aliphatic carbocycles. The van der Waals surface area contributed by atoms with Crippen LogP contribution in [0.5, 0.6) is 5.75 Å². The Morgan fingerprint density at radius 1 is 1.42 bits per heavy atom. The van der Waals surface area contributed by atoms with Gasteiger partial charge in [0.25, 0.3) is 0 Å². The summed E-state index contributed by atoms with van der Waals surface area (Å²) < 4.78 is 47.0. The Balaban J connectivity index is 1.97. The Hall–Kier alpha value is -2.49. The first-order valence-electron chi connectivity index (χ1n) is 7.82. The average Bonchev–Trinajstić information content (AvgIpc) is 2.58. The third-order valence-corrected chi connectivity index (χ3v) is 3.67. The molecular weight excluding hydrogens is 357 g/mol. The first kappa shape index (κ1) is 19.8. The topological polar surface area (TPSA) is 88.1 Å². The monoisotopic (exact) mass is 376 g/mol. The summed E-state index contributed by atoms with van der Waals surface area (Å²) in [6, 6.07) is 4.20. The van der Waals surface area contributed by atoms with Crippen LogP contribution in [-0.2, 0) is 16.1 Å². The number of hydrogen-bond donors (Lipinski definition) is 2. The van der Waals surface area contributed by atoms with Crippen LogP contribution in [0.1, 0.15) is 11.1 Å². The molecule has 1 aromatic carbocycles. The highest BCUT2D eigenvalue weighted by atomic mass is 19.4. The van der Waals surface area contributed by atoms with Gasteiger partial charge in [-0.1, -0.05) is 12.1 Å². The summed E-state index contributed by atoms with van der Waals surface area (Å²) in [5, 5.41) is 11.5. The van der Waals surface area contributed by atoms with Crippen LogP contribution in [0.2, 0.25) is 0 Å². The van der Waals surface area contributed by atoms with Crippen LogP contribution in [0, 0.1) is 6.92 Å². The van der Waals surface area contributed by atoms with Crippen LogP contribution in [-0.4, -0.2) is 60.6 Å². The second-order valence-corrected chi connectivity index (χ2v) is 5.82. The fourth-order valence-electron chi connectivity index (χ4n) is 2.37. The van der Waals surface area contributed by atoms with Crippen molar-refractivity contribution in [2.24, 2.45) is 0 Å². The number of carboxylic acids is 1. The Kier molecular flexibility index (Phi) is 6.30. The molecule has 1 aliphatic rings. The van der Waals surface area contributed by atoms with E-state index in [1.165, 1.54) is 11.0 Å². The van der Waals surface area contributed by atoms with Gasteiger partial charge >= 0.3 is 18.2 Å². The van der Waals surface area contributed by atoms with E-state index in [2.05, 4.69) is 5.32 Å². The van der Waals surface area contributed by atoms with Gasteiger partial charge in [0.2, 0.25) is 0 Å². The molecule has 2 N–H and O–H groups in total. The molecule has 0 radical (unpaired) electrons. The minimum absolute atomic E-state index is 0.0352. The normalized spacial score (nSPS) is 17.7. The quantitative estimate of drug-likeness (QED) is 0.820. The number of aliphatic carboxylic acids is 1. The first-order valence-corrected chi connectivity index (χ1v) is 7.82. The van der Waals surface area contributed by atoms with E-state index < -0.39 is 30.9 Å². The van der Waals surface area contributed by atoms with Gasteiger partial charge in [0.05, 0.1) is 13.2 Å². The fourth-order valence-corrected chi connectivity index (χ4v) is 2.37. The van der Waals surface area contributed by atoms with Gasteiger partial charge in [0, 0.05) is 18.7 Å². The summed E-state index contributed by atoms with van der Waals surface area (Å²) in [4.78, 5) is 24.4. The Labute approximate surface area is 147 Å². The Morgan fingerprint density at radius 3 is 2.81 bits per heavy atom. The minimum Gasteiger partial charge on any atom is -0.484 e. The molecule has 1 unspecified atom stereocenters. The van der Waals surface area contributed by atoms with Gasteiger partial charge in [-0.15, -0.1) is 0 Å². The number of rotatable bonds is 5. The molecule has 144 valence electrons. The van der Waals surface area contributed by atoms with Crippen LogP contribution in [0.15, 0.2) is 18.2 Å². The van der Waals surface area contributed by atoms with E-state index >= 15 is 0 Å². The van der Waals surface area contributed by atoms with Crippen molar-refractivity contribution in [3.63, 3.8) is 0 Å². The molecule has 1 heterocycles. The largest absolute Gasteiger partial charge is 0.484 e. The number of alkyl halides is 3. The SMILES string of the molecule is Cc1ccc(CNC(=O)N2CCOC(C(=O)O)C2)c(OCC(F)(F)F)c1. The summed E-state index contributed by atoms with van der Waals surface area (Å²) in [6.45, 7) is 0.438. The standard InChI is InChI=1S/C16H19F3N2O5/c1-10-2-3-11(12(6-10)26-9-16(17,18)19)7-20-15(24)21-4-5-25-13(8-21)14(22)23/h2-3,6,13H,4-5,7-9H2,1H3,(H,20,24)(H,22,23). The summed E-state index contributed by atoms with van der Waals surface area (Å²) in [5.74, 6) is -1.13. The van der Waals surface area contributed by atoms with Crippen LogP contribution < -0.4 is 10.1 Å². The maximum Gasteiger partial charge on any atom is 0.422 e. The van der Waals surface area contributed by atoms with Gasteiger partial charge in [-0.25, -0.2) is 9.59 Å². The summed E-state index contributed by atoms with van der Waals surface area (Å²) >= 11 is 0. The number of hydrogen-bond acceptors (Lipinski definition) is 4. The van der Waals surface area contributed by atoms with Crippen LogP contribution >= 0.6 is 0 Å². The molecule has 0 saturated carbocycles. The van der Waals surface area contributed by atoms with E-state index in [4.69, 9.17) is 14.6 Å². The van der Waals surface area contributed by atoms with Gasteiger partial charge in [-0.2, -0.15) is 13.2 Å². The molecule has 1 aliphatic heterocycles. The lowest BCUT2D eigenvalue weighted by Crippen LogP contribution is -2.51. The van der Waals surface area contributed by atoms with E-state index in [1.807, 2.05) is 0 Å². The number of amides is 2. The zero-order valence-electron chi connectivity index (χ0n) is 14.0. The molecule has 10 heteroatoms. The second kappa shape index (κ2) is 8.26. The Bertz CT molecular complexity index is 666. The van der Waals surface area contributed by atoms with Crippen LogP contribution in [0.3, 0.4) is 0 Å². The number of halogens is 3. The number of urea groups is 1. The van der Waals surface area contributed by atoms with Crippen molar-refractivity contribution >= 4 is 12.0 Å². The highest BCUT2D eigenvalue weighted by Gasteiger charge is 2.30. The molecule has 2 amide bonds. The molecular formula is C16H19F3N2O5. The maximum absolute atomic E-state index is 12.4. The van der Waals surface area contributed by atoms with Crippen LogP contribution in [0.4, 0.5) is 18.0 Å². The van der Waals surface area contributed by atoms with Crippen molar-refractivity contribution < 1.29 is 37.3 Å². The fraction of sp³-hybridized carbons (Fsp3) is 0.500. The van der Waals surface area contributed by atoms with E-state index in [0.29, 0.717) is 5.56 Å². The lowest BCUT2D eigenvalue weighted by molar-refractivity contribution is -0.155. The van der Waals surface area contributed by atoms with Gasteiger partial charge in [-0.05, 0) is 18.6 Å². The third-order valence-electron chi connectivity index (χ3n) is 3.67. The predicted molar refractivity (Wildman–Crippen MR) is 83.9 cm³/mol. The van der Waals surface area contributed by atoms with Crippen molar-refractivity contribution in [2.45, 2.75) is 25.7 Å². The van der Waals surface area contributed by atoms with Crippen LogP contribution in [0.25, 0.3) is 0 Å². The molecule has 1 fully saturated rings. The van der Waals surface area contributed by atoms with Crippen molar-refractivity contribution in [1.29, 1.82) is 0 Å². The first-order chi connectivity index (χ1) is 12.2. The summed E-state index contributed by atoms with van der Waals surface area (Å²) in [7, 11) is 0. The van der Waals surface area contributed by atoms with Crippen molar-refractivity contribution in [3.8, 4) is 5.75 Å². The molecule has 0 aromatic heterocycles. The molecule has 26 heavy (non-hydrogen) atoms. The molecule has 1 atom stereocenters. The number of nitrogens with zero attached hydrogens (tertiary/aromatic N) is 1. The highest BCUT2D eigenvalue weighted by Crippen LogP contribution is 2.23. The summed E-state index contributed by atoms with van der Waals surface area (Å²) in [5.41, 5.74) is 1.10. The van der Waals surface area contributed by atoms with E-state index in [9.17, 15) is 22.8 Å². The number of morpholine rings is 1. The number of benzene rings is 1. The molecule has 2 rings (SSSR count). The molecule has 1 saturated heterocycles. The van der Waals surface area contributed by atoms with Gasteiger partial charge in [0.15, 0.2) is 12.7 Å². The average molecular weight is 376 g/mol. The molecule has 7 nitrogen and oxygen atoms in total. The number of ether oxygens (including phenoxy) is 2. The van der Waals surface area contributed by atoms with Gasteiger partial charge in [0.1, 0.15) is 5.75 Å².